The van der Waals surface area contributed by atoms with E-state index in [9.17, 15) is 4.79 Å². The summed E-state index contributed by atoms with van der Waals surface area (Å²) < 4.78 is 0. The highest BCUT2D eigenvalue weighted by atomic mass is 16.2. The van der Waals surface area contributed by atoms with Crippen molar-refractivity contribution in [3.63, 3.8) is 0 Å². The fraction of sp³-hybridized carbons (Fsp3) is 0.625. The minimum atomic E-state index is -0.524. The number of carbonyl (C=O) groups is 1. The number of amides is 1. The molecule has 0 aromatic carbocycles. The molecule has 1 aliphatic rings. The Hall–Kier alpha value is -1.62. The van der Waals surface area contributed by atoms with Crippen molar-refractivity contribution in [2.75, 3.05) is 32.1 Å². The molecule has 0 spiro atoms. The van der Waals surface area contributed by atoms with Crippen LogP contribution in [-0.4, -0.2) is 48.5 Å². The molecular weight excluding hydrogens is 264 g/mol. The Bertz CT molecular complexity index is 494. The molecule has 1 aliphatic heterocycles. The number of likely N-dealkylation sites (N-methyl/N-ethyl adjacent to an activating group) is 1. The maximum atomic E-state index is 12.4. The summed E-state index contributed by atoms with van der Waals surface area (Å²) in [6.45, 7) is 7.67. The highest BCUT2D eigenvalue weighted by Gasteiger charge is 2.40. The van der Waals surface area contributed by atoms with E-state index in [0.717, 1.165) is 30.9 Å². The Labute approximate surface area is 127 Å². The normalized spacial score (nSPS) is 19.8. The second-order valence-corrected chi connectivity index (χ2v) is 6.13. The van der Waals surface area contributed by atoms with Crippen molar-refractivity contribution >= 4 is 11.6 Å². The summed E-state index contributed by atoms with van der Waals surface area (Å²) in [5.41, 5.74) is 1.53. The van der Waals surface area contributed by atoms with Crippen LogP contribution in [0.2, 0.25) is 0 Å². The third-order valence-electron chi connectivity index (χ3n) is 4.40. The number of carbonyl (C=O) groups excluding carboxylic acids is 1. The first kappa shape index (κ1) is 15.8. The lowest BCUT2D eigenvalue weighted by molar-refractivity contribution is -0.136. The van der Waals surface area contributed by atoms with Gasteiger partial charge in [-0.15, -0.1) is 0 Å². The fourth-order valence-electron chi connectivity index (χ4n) is 2.99. The molecule has 2 rings (SSSR count). The van der Waals surface area contributed by atoms with E-state index in [0.29, 0.717) is 0 Å². The van der Waals surface area contributed by atoms with Crippen LogP contribution in [0.25, 0.3) is 0 Å². The lowest BCUT2D eigenvalue weighted by Gasteiger charge is -2.46. The van der Waals surface area contributed by atoms with Gasteiger partial charge in [-0.1, -0.05) is 6.92 Å². The lowest BCUT2D eigenvalue weighted by atomic mass is 9.97. The second kappa shape index (κ2) is 6.02. The number of hydrogen-bond acceptors (Lipinski definition) is 4. The van der Waals surface area contributed by atoms with Crippen LogP contribution in [0.3, 0.4) is 0 Å². The molecule has 5 heteroatoms. The Morgan fingerprint density at radius 2 is 2.10 bits per heavy atom. The largest absolute Gasteiger partial charge is 0.354 e. The first-order chi connectivity index (χ1) is 9.91. The van der Waals surface area contributed by atoms with Crippen molar-refractivity contribution in [3.8, 4) is 0 Å². The Balaban J connectivity index is 2.24. The summed E-state index contributed by atoms with van der Waals surface area (Å²) in [6.07, 6.45) is 2.89. The van der Waals surface area contributed by atoms with E-state index in [-0.39, 0.29) is 11.9 Å². The summed E-state index contributed by atoms with van der Waals surface area (Å²) in [5, 5.41) is 3.26. The molecule has 1 unspecified atom stereocenters. The number of nitrogens with zero attached hydrogens (tertiary/aromatic N) is 3. The summed E-state index contributed by atoms with van der Waals surface area (Å²) in [5.74, 6) is 0.152. The van der Waals surface area contributed by atoms with Crippen LogP contribution in [0.5, 0.6) is 0 Å². The summed E-state index contributed by atoms with van der Waals surface area (Å²) in [6, 6.07) is 4.41. The average Bonchev–Trinajstić information content (AvgIpc) is 2.47. The maximum Gasteiger partial charge on any atom is 0.247 e. The average molecular weight is 290 g/mol. The maximum absolute atomic E-state index is 12.4. The molecule has 1 atom stereocenters. The van der Waals surface area contributed by atoms with Gasteiger partial charge in [-0.25, -0.2) is 0 Å². The smallest absolute Gasteiger partial charge is 0.247 e. The zero-order chi connectivity index (χ0) is 15.6. The molecule has 1 saturated heterocycles. The van der Waals surface area contributed by atoms with E-state index in [1.807, 2.05) is 34.1 Å². The molecule has 116 valence electrons. The highest BCUT2D eigenvalue weighted by Crippen LogP contribution is 2.28. The molecule has 1 aromatic heterocycles. The van der Waals surface area contributed by atoms with Crippen molar-refractivity contribution in [2.45, 2.75) is 38.8 Å². The second-order valence-electron chi connectivity index (χ2n) is 6.13. The number of aromatic nitrogens is 1. The molecule has 0 aliphatic carbocycles. The molecule has 0 saturated carbocycles. The van der Waals surface area contributed by atoms with Gasteiger partial charge in [0.2, 0.25) is 5.91 Å². The number of rotatable bonds is 4. The van der Waals surface area contributed by atoms with Gasteiger partial charge < -0.3 is 15.1 Å². The van der Waals surface area contributed by atoms with Crippen LogP contribution in [0, 0.1) is 0 Å². The molecular formula is C16H26N4O. The molecule has 2 heterocycles. The van der Waals surface area contributed by atoms with Gasteiger partial charge in [0.05, 0.1) is 17.6 Å². The van der Waals surface area contributed by atoms with Crippen molar-refractivity contribution in [1.29, 1.82) is 0 Å². The zero-order valence-electron chi connectivity index (χ0n) is 13.7. The van der Waals surface area contributed by atoms with Crippen molar-refractivity contribution in [1.82, 2.24) is 15.2 Å². The molecule has 1 fully saturated rings. The Morgan fingerprint density at radius 3 is 2.62 bits per heavy atom. The van der Waals surface area contributed by atoms with Gasteiger partial charge in [0.25, 0.3) is 0 Å². The third-order valence-corrected chi connectivity index (χ3v) is 4.40. The minimum Gasteiger partial charge on any atom is -0.354 e. The van der Waals surface area contributed by atoms with Crippen LogP contribution in [0.1, 0.15) is 38.9 Å². The number of nitrogens with one attached hydrogen (secondary N) is 1. The van der Waals surface area contributed by atoms with E-state index in [4.69, 9.17) is 0 Å². The predicted octanol–water partition coefficient (Wildman–Crippen LogP) is 1.81. The monoisotopic (exact) mass is 290 g/mol. The van der Waals surface area contributed by atoms with Crippen molar-refractivity contribution < 1.29 is 4.79 Å². The van der Waals surface area contributed by atoms with Gasteiger partial charge in [-0.05, 0) is 39.4 Å². The molecule has 0 bridgehead atoms. The number of anilines is 1. The predicted molar refractivity (Wildman–Crippen MR) is 85.4 cm³/mol. The van der Waals surface area contributed by atoms with E-state index in [2.05, 4.69) is 34.3 Å². The van der Waals surface area contributed by atoms with Gasteiger partial charge in [-0.2, -0.15) is 0 Å². The highest BCUT2D eigenvalue weighted by molar-refractivity contribution is 5.90. The van der Waals surface area contributed by atoms with Crippen LogP contribution < -0.4 is 10.2 Å². The third kappa shape index (κ3) is 2.88. The molecule has 1 N–H and O–H groups in total. The number of piperazine rings is 1. The Kier molecular flexibility index (Phi) is 4.52. The molecule has 5 nitrogen and oxygen atoms in total. The standard InChI is InChI=1S/C16H26N4O/c1-6-13(17-4)14-8-7-12(11-18-14)20-10-9-19(5)15(21)16(20,2)3/h7-8,11,13,17H,6,9-10H2,1-5H3. The van der Waals surface area contributed by atoms with E-state index >= 15 is 0 Å². The lowest BCUT2D eigenvalue weighted by Crippen LogP contribution is -2.62. The number of hydrogen-bond donors (Lipinski definition) is 1. The van der Waals surface area contributed by atoms with Crippen molar-refractivity contribution in [2.24, 2.45) is 0 Å². The zero-order valence-corrected chi connectivity index (χ0v) is 13.7. The molecule has 0 radical (unpaired) electrons. The van der Waals surface area contributed by atoms with Crippen LogP contribution in [0.4, 0.5) is 5.69 Å². The fourth-order valence-corrected chi connectivity index (χ4v) is 2.99. The van der Waals surface area contributed by atoms with E-state index in [1.54, 1.807) is 4.90 Å². The van der Waals surface area contributed by atoms with Gasteiger partial charge in [-0.3, -0.25) is 9.78 Å². The summed E-state index contributed by atoms with van der Waals surface area (Å²) in [4.78, 5) is 20.9. The summed E-state index contributed by atoms with van der Waals surface area (Å²) >= 11 is 0. The first-order valence-electron chi connectivity index (χ1n) is 7.58. The van der Waals surface area contributed by atoms with Crippen LogP contribution in [-0.2, 0) is 4.79 Å². The molecule has 21 heavy (non-hydrogen) atoms. The van der Waals surface area contributed by atoms with E-state index in [1.165, 1.54) is 0 Å². The van der Waals surface area contributed by atoms with Crippen LogP contribution >= 0.6 is 0 Å². The molecule has 1 amide bonds. The van der Waals surface area contributed by atoms with Gasteiger partial charge in [0.1, 0.15) is 5.54 Å². The topological polar surface area (TPSA) is 48.5 Å². The van der Waals surface area contributed by atoms with Gasteiger partial charge in [0, 0.05) is 26.2 Å². The molecule has 1 aromatic rings. The number of pyridine rings is 1. The Morgan fingerprint density at radius 1 is 1.38 bits per heavy atom. The van der Waals surface area contributed by atoms with Gasteiger partial charge >= 0.3 is 0 Å². The van der Waals surface area contributed by atoms with Gasteiger partial charge in [0.15, 0.2) is 0 Å². The summed E-state index contributed by atoms with van der Waals surface area (Å²) in [7, 11) is 3.81. The SMILES string of the molecule is CCC(NC)c1ccc(N2CCN(C)C(=O)C2(C)C)cn1. The first-order valence-corrected chi connectivity index (χ1v) is 7.58. The minimum absolute atomic E-state index is 0.152. The quantitative estimate of drug-likeness (QED) is 0.919. The van der Waals surface area contributed by atoms with Crippen molar-refractivity contribution in [3.05, 3.63) is 24.0 Å². The van der Waals surface area contributed by atoms with Crippen LogP contribution in [0.15, 0.2) is 18.3 Å². The van der Waals surface area contributed by atoms with E-state index < -0.39 is 5.54 Å².